The highest BCUT2D eigenvalue weighted by Crippen LogP contribution is 2.33. The van der Waals surface area contributed by atoms with Gasteiger partial charge in [-0.15, -0.1) is 0 Å². The molecule has 0 N–H and O–H groups in total. The molecular weight excluding hydrogens is 282 g/mol. The topological polar surface area (TPSA) is 29.5 Å². The third-order valence-corrected chi connectivity index (χ3v) is 4.91. The molecule has 112 valence electrons. The van der Waals surface area contributed by atoms with E-state index < -0.39 is 0 Å². The van der Waals surface area contributed by atoms with Crippen LogP contribution < -0.4 is 0 Å². The number of piperidine rings is 3. The molecule has 1 aliphatic carbocycles. The summed E-state index contributed by atoms with van der Waals surface area (Å²) in [7, 11) is 0. The first-order valence-corrected chi connectivity index (χ1v) is 7.53. The number of hydrogen-bond acceptors (Lipinski definition) is 3. The summed E-state index contributed by atoms with van der Waals surface area (Å²) in [5, 5.41) is 0. The highest BCUT2D eigenvalue weighted by Gasteiger charge is 2.37. The van der Waals surface area contributed by atoms with Gasteiger partial charge in [-0.25, -0.2) is 4.79 Å². The maximum atomic E-state index is 12.4. The van der Waals surface area contributed by atoms with Gasteiger partial charge in [0.25, 0.3) is 0 Å². The van der Waals surface area contributed by atoms with Crippen LogP contribution in [-0.2, 0) is 16.0 Å². The Bertz CT molecular complexity index is 576. The highest BCUT2D eigenvalue weighted by atomic mass is 32.1. The Balaban J connectivity index is 0.00000132. The zero-order valence-corrected chi connectivity index (χ0v) is 13.0. The van der Waals surface area contributed by atoms with E-state index in [1.807, 2.05) is 24.3 Å². The Kier molecular flexibility index (Phi) is 4.09. The molecule has 0 unspecified atom stereocenters. The molecule has 3 fully saturated rings. The molecule has 1 atom stereocenters. The minimum Gasteiger partial charge on any atom is -0.457 e. The standard InChI is InChI=1S/C17H19NO2.H2S/c19-17(15-6-5-12-3-1-2-4-14(12)15)20-16-11-18-9-7-13(16)8-10-18;/h1-4,6,13,16H,5,7-11H2;1H2/t16-;/m1./s1. The van der Waals surface area contributed by atoms with E-state index in [-0.39, 0.29) is 25.6 Å². The molecule has 5 rings (SSSR count). The van der Waals surface area contributed by atoms with Crippen molar-refractivity contribution in [3.05, 3.63) is 41.5 Å². The average Bonchev–Trinajstić information content (AvgIpc) is 2.92. The summed E-state index contributed by atoms with van der Waals surface area (Å²) in [5.74, 6) is 0.440. The number of ether oxygens (including phenoxy) is 1. The number of hydrogen-bond donors (Lipinski definition) is 0. The Morgan fingerprint density at radius 1 is 1.19 bits per heavy atom. The molecule has 0 radical (unpaired) electrons. The van der Waals surface area contributed by atoms with Crippen LogP contribution in [0.4, 0.5) is 0 Å². The summed E-state index contributed by atoms with van der Waals surface area (Å²) in [6.45, 7) is 3.26. The van der Waals surface area contributed by atoms with Crippen molar-refractivity contribution in [2.45, 2.75) is 25.4 Å². The van der Waals surface area contributed by atoms with Gasteiger partial charge in [-0.3, -0.25) is 4.90 Å². The fourth-order valence-electron chi connectivity index (χ4n) is 3.72. The third kappa shape index (κ3) is 2.62. The van der Waals surface area contributed by atoms with Crippen LogP contribution in [0.15, 0.2) is 30.3 Å². The first-order valence-electron chi connectivity index (χ1n) is 7.53. The predicted octanol–water partition coefficient (Wildman–Crippen LogP) is 2.38. The Morgan fingerprint density at radius 2 is 1.95 bits per heavy atom. The highest BCUT2D eigenvalue weighted by molar-refractivity contribution is 7.59. The van der Waals surface area contributed by atoms with Crippen molar-refractivity contribution in [1.29, 1.82) is 0 Å². The van der Waals surface area contributed by atoms with Gasteiger partial charge in [-0.05, 0) is 49.4 Å². The van der Waals surface area contributed by atoms with Gasteiger partial charge in [0, 0.05) is 6.54 Å². The lowest BCUT2D eigenvalue weighted by molar-refractivity contribution is -0.151. The molecule has 1 aromatic rings. The van der Waals surface area contributed by atoms with Crippen LogP contribution in [0.3, 0.4) is 0 Å². The average molecular weight is 303 g/mol. The van der Waals surface area contributed by atoms with Crippen molar-refractivity contribution in [2.24, 2.45) is 5.92 Å². The first kappa shape index (κ1) is 14.7. The summed E-state index contributed by atoms with van der Waals surface area (Å²) in [6, 6.07) is 8.11. The predicted molar refractivity (Wildman–Crippen MR) is 87.5 cm³/mol. The molecule has 3 nitrogen and oxygen atoms in total. The largest absolute Gasteiger partial charge is 0.457 e. The van der Waals surface area contributed by atoms with Gasteiger partial charge in [0.15, 0.2) is 0 Å². The van der Waals surface area contributed by atoms with Gasteiger partial charge >= 0.3 is 5.97 Å². The molecule has 0 aromatic heterocycles. The third-order valence-electron chi connectivity index (χ3n) is 4.91. The van der Waals surface area contributed by atoms with Gasteiger partial charge < -0.3 is 4.74 Å². The molecule has 0 amide bonds. The SMILES string of the molecule is O=C(O[C@@H]1CN2CCC1CC2)C1=CCc2ccccc21.S. The summed E-state index contributed by atoms with van der Waals surface area (Å²) in [4.78, 5) is 14.9. The summed E-state index contributed by atoms with van der Waals surface area (Å²) in [6.07, 6.45) is 5.30. The van der Waals surface area contributed by atoms with E-state index in [9.17, 15) is 4.79 Å². The van der Waals surface area contributed by atoms with Crippen molar-refractivity contribution in [3.63, 3.8) is 0 Å². The summed E-state index contributed by atoms with van der Waals surface area (Å²) < 4.78 is 5.82. The fourth-order valence-corrected chi connectivity index (χ4v) is 3.72. The minimum atomic E-state index is -0.131. The zero-order valence-electron chi connectivity index (χ0n) is 12.0. The van der Waals surface area contributed by atoms with Crippen molar-refractivity contribution < 1.29 is 9.53 Å². The normalized spacial score (nSPS) is 29.3. The second-order valence-corrected chi connectivity index (χ2v) is 6.06. The van der Waals surface area contributed by atoms with Gasteiger partial charge in [-0.1, -0.05) is 30.3 Å². The number of carbonyl (C=O) groups excluding carboxylic acids is 1. The smallest absolute Gasteiger partial charge is 0.338 e. The number of nitrogens with zero attached hydrogens (tertiary/aromatic N) is 1. The number of fused-ring (bicyclic) bond motifs is 4. The van der Waals surface area contributed by atoms with Crippen LogP contribution in [0.2, 0.25) is 0 Å². The van der Waals surface area contributed by atoms with Gasteiger partial charge in [0.05, 0.1) is 5.57 Å². The van der Waals surface area contributed by atoms with Crippen LogP contribution in [0.1, 0.15) is 24.0 Å². The van der Waals surface area contributed by atoms with Gasteiger partial charge in [0.1, 0.15) is 6.10 Å². The van der Waals surface area contributed by atoms with E-state index in [4.69, 9.17) is 4.74 Å². The first-order chi connectivity index (χ1) is 9.81. The van der Waals surface area contributed by atoms with Crippen molar-refractivity contribution in [2.75, 3.05) is 19.6 Å². The fraction of sp³-hybridized carbons (Fsp3) is 0.471. The number of allylic oxidation sites excluding steroid dienone is 1. The maximum absolute atomic E-state index is 12.4. The van der Waals surface area contributed by atoms with Crippen molar-refractivity contribution >= 4 is 25.0 Å². The van der Waals surface area contributed by atoms with Crippen LogP contribution in [0.25, 0.3) is 5.57 Å². The number of benzene rings is 1. The molecule has 3 heterocycles. The lowest BCUT2D eigenvalue weighted by Crippen LogP contribution is -2.51. The Labute approximate surface area is 132 Å². The van der Waals surface area contributed by atoms with Crippen molar-refractivity contribution in [3.8, 4) is 0 Å². The number of rotatable bonds is 2. The molecule has 0 saturated carbocycles. The van der Waals surface area contributed by atoms with Gasteiger partial charge in [-0.2, -0.15) is 13.5 Å². The lowest BCUT2D eigenvalue weighted by atomic mass is 9.86. The summed E-state index contributed by atoms with van der Waals surface area (Å²) >= 11 is 0. The van der Waals surface area contributed by atoms with Crippen LogP contribution in [-0.4, -0.2) is 36.6 Å². The van der Waals surface area contributed by atoms with E-state index in [1.165, 1.54) is 31.5 Å². The van der Waals surface area contributed by atoms with E-state index >= 15 is 0 Å². The molecule has 2 bridgehead atoms. The van der Waals surface area contributed by atoms with E-state index in [0.717, 1.165) is 24.1 Å². The number of carbonyl (C=O) groups is 1. The van der Waals surface area contributed by atoms with Crippen molar-refractivity contribution in [1.82, 2.24) is 4.90 Å². The summed E-state index contributed by atoms with van der Waals surface area (Å²) in [5.41, 5.74) is 3.05. The monoisotopic (exact) mass is 303 g/mol. The lowest BCUT2D eigenvalue weighted by Gasteiger charge is -2.43. The molecule has 21 heavy (non-hydrogen) atoms. The molecule has 4 aliphatic rings. The minimum absolute atomic E-state index is 0. The molecule has 3 saturated heterocycles. The second kappa shape index (κ2) is 5.85. The zero-order chi connectivity index (χ0) is 13.5. The van der Waals surface area contributed by atoms with E-state index in [0.29, 0.717) is 5.92 Å². The molecule has 0 spiro atoms. The molecule has 3 aliphatic heterocycles. The second-order valence-electron chi connectivity index (χ2n) is 6.06. The molecule has 4 heteroatoms. The van der Waals surface area contributed by atoms with Gasteiger partial charge in [0.2, 0.25) is 0 Å². The van der Waals surface area contributed by atoms with Crippen LogP contribution in [0.5, 0.6) is 0 Å². The number of esters is 1. The Hall–Kier alpha value is -1.26. The van der Waals surface area contributed by atoms with E-state index in [1.54, 1.807) is 0 Å². The molecular formula is C17H21NO2S. The quantitative estimate of drug-likeness (QED) is 0.786. The Morgan fingerprint density at radius 3 is 2.67 bits per heavy atom. The maximum Gasteiger partial charge on any atom is 0.338 e. The van der Waals surface area contributed by atoms with E-state index in [2.05, 4.69) is 11.0 Å². The molecule has 1 aromatic carbocycles. The van der Waals surface area contributed by atoms with Crippen LogP contribution >= 0.6 is 13.5 Å². The van der Waals surface area contributed by atoms with Crippen LogP contribution in [0, 0.1) is 5.92 Å².